The maximum absolute atomic E-state index is 14.4. The number of hydrogen-bond acceptors (Lipinski definition) is 4. The number of nitrogens with zero attached hydrogens (tertiary/aromatic N) is 3. The normalized spacial score (nSPS) is 21.0. The summed E-state index contributed by atoms with van der Waals surface area (Å²) in [6.45, 7) is 2.57. The highest BCUT2D eigenvalue weighted by Crippen LogP contribution is 2.39. The maximum atomic E-state index is 14.4. The zero-order valence-corrected chi connectivity index (χ0v) is 18.5. The van der Waals surface area contributed by atoms with Gasteiger partial charge in [-0.15, -0.1) is 0 Å². The molecule has 0 saturated carbocycles. The van der Waals surface area contributed by atoms with Gasteiger partial charge in [-0.05, 0) is 61.4 Å². The molecular weight excluding hydrogens is 393 g/mol. The van der Waals surface area contributed by atoms with Crippen LogP contribution in [-0.2, 0) is 16.0 Å². The lowest BCUT2D eigenvalue weighted by Gasteiger charge is -2.42. The Balaban J connectivity index is 1.55. The number of likely N-dealkylation sites (tertiary alicyclic amines) is 1. The van der Waals surface area contributed by atoms with Crippen molar-refractivity contribution >= 4 is 11.7 Å². The summed E-state index contributed by atoms with van der Waals surface area (Å²) in [5.74, 6) is 1.16. The highest BCUT2D eigenvalue weighted by molar-refractivity contribution is 5.83. The van der Waals surface area contributed by atoms with Gasteiger partial charge in [0.2, 0.25) is 5.91 Å². The van der Waals surface area contributed by atoms with Gasteiger partial charge in [0.05, 0.1) is 5.41 Å². The molecule has 2 fully saturated rings. The van der Waals surface area contributed by atoms with E-state index in [9.17, 15) is 9.18 Å². The van der Waals surface area contributed by atoms with Crippen LogP contribution in [0.3, 0.4) is 0 Å². The number of carbonyl (C=O) groups excluding carboxylic acids is 1. The number of halogens is 1. The summed E-state index contributed by atoms with van der Waals surface area (Å²) in [5.41, 5.74) is 1.26. The number of hydrogen-bond donors (Lipinski definition) is 0. The topological polar surface area (TPSA) is 45.7 Å². The fraction of sp³-hybridized carbons (Fsp3) is 0.520. The van der Waals surface area contributed by atoms with Crippen molar-refractivity contribution in [2.75, 3.05) is 45.3 Å². The van der Waals surface area contributed by atoms with Crippen molar-refractivity contribution in [3.63, 3.8) is 0 Å². The molecule has 0 N–H and O–H groups in total. The van der Waals surface area contributed by atoms with Gasteiger partial charge in [0, 0.05) is 52.5 Å². The number of amides is 1. The van der Waals surface area contributed by atoms with Gasteiger partial charge in [-0.2, -0.15) is 0 Å². The van der Waals surface area contributed by atoms with Crippen LogP contribution in [0.5, 0.6) is 0 Å². The number of carbonyl (C=O) groups is 1. The van der Waals surface area contributed by atoms with Crippen molar-refractivity contribution in [1.82, 2.24) is 9.88 Å². The van der Waals surface area contributed by atoms with Crippen molar-refractivity contribution in [2.24, 2.45) is 5.41 Å². The standard InChI is InChI=1S/C25H32FN3O2/c1-28(2)23-16-19(9-12-27-23)21-7-5-13-29(18-21)24(30)25(10-14-31-15-11-25)17-20-6-3-4-8-22(20)26/h3-4,6,8-9,12,16,21H,5,7,10-11,13-15,17-18H2,1-2H3. The van der Waals surface area contributed by atoms with Crippen LogP contribution in [0, 0.1) is 11.2 Å². The van der Waals surface area contributed by atoms with Gasteiger partial charge in [-0.25, -0.2) is 9.37 Å². The molecule has 2 aromatic rings. The highest BCUT2D eigenvalue weighted by Gasteiger charge is 2.44. The lowest BCUT2D eigenvalue weighted by molar-refractivity contribution is -0.149. The first-order chi connectivity index (χ1) is 15.0. The first kappa shape index (κ1) is 21.8. The molecule has 0 radical (unpaired) electrons. The van der Waals surface area contributed by atoms with E-state index in [1.807, 2.05) is 36.2 Å². The third-order valence-corrected chi connectivity index (χ3v) is 6.80. The minimum atomic E-state index is -0.588. The van der Waals surface area contributed by atoms with E-state index in [0.717, 1.165) is 25.2 Å². The average Bonchev–Trinajstić information content (AvgIpc) is 2.81. The molecule has 1 unspecified atom stereocenters. The second-order valence-electron chi connectivity index (χ2n) is 9.09. The first-order valence-corrected chi connectivity index (χ1v) is 11.2. The summed E-state index contributed by atoms with van der Waals surface area (Å²) in [6, 6.07) is 11.0. The Morgan fingerprint density at radius 2 is 2.03 bits per heavy atom. The molecule has 2 aliphatic rings. The molecule has 166 valence electrons. The van der Waals surface area contributed by atoms with Crippen LogP contribution in [-0.4, -0.2) is 56.2 Å². The van der Waals surface area contributed by atoms with Gasteiger partial charge in [-0.1, -0.05) is 18.2 Å². The largest absolute Gasteiger partial charge is 0.381 e. The molecule has 0 aliphatic carbocycles. The van der Waals surface area contributed by atoms with E-state index in [1.54, 1.807) is 12.1 Å². The molecule has 5 nitrogen and oxygen atoms in total. The van der Waals surface area contributed by atoms with E-state index in [2.05, 4.69) is 17.1 Å². The highest BCUT2D eigenvalue weighted by atomic mass is 19.1. The lowest BCUT2D eigenvalue weighted by atomic mass is 9.73. The molecule has 31 heavy (non-hydrogen) atoms. The summed E-state index contributed by atoms with van der Waals surface area (Å²) in [6.07, 6.45) is 5.60. The summed E-state index contributed by atoms with van der Waals surface area (Å²) >= 11 is 0. The zero-order valence-electron chi connectivity index (χ0n) is 18.5. The Kier molecular flexibility index (Phi) is 6.56. The summed E-state index contributed by atoms with van der Waals surface area (Å²) in [7, 11) is 3.97. The Bertz CT molecular complexity index is 911. The molecule has 4 rings (SSSR count). The Labute approximate surface area is 184 Å². The third-order valence-electron chi connectivity index (χ3n) is 6.80. The number of pyridine rings is 1. The van der Waals surface area contributed by atoms with Crippen LogP contribution in [0.2, 0.25) is 0 Å². The predicted molar refractivity (Wildman–Crippen MR) is 120 cm³/mol. The summed E-state index contributed by atoms with van der Waals surface area (Å²) in [4.78, 5) is 22.3. The number of ether oxygens (including phenoxy) is 1. The van der Waals surface area contributed by atoms with Crippen LogP contribution in [0.1, 0.15) is 42.7 Å². The molecule has 1 atom stereocenters. The summed E-state index contributed by atoms with van der Waals surface area (Å²) < 4.78 is 20.0. The van der Waals surface area contributed by atoms with Gasteiger partial charge < -0.3 is 14.5 Å². The van der Waals surface area contributed by atoms with Gasteiger partial charge in [0.15, 0.2) is 0 Å². The summed E-state index contributed by atoms with van der Waals surface area (Å²) in [5, 5.41) is 0. The Hall–Kier alpha value is -2.47. The molecule has 3 heterocycles. The van der Waals surface area contributed by atoms with E-state index >= 15 is 0 Å². The van der Waals surface area contributed by atoms with Crippen LogP contribution in [0.25, 0.3) is 0 Å². The van der Waals surface area contributed by atoms with Crippen molar-refractivity contribution < 1.29 is 13.9 Å². The zero-order chi connectivity index (χ0) is 21.8. The van der Waals surface area contributed by atoms with E-state index in [-0.39, 0.29) is 11.7 Å². The lowest BCUT2D eigenvalue weighted by Crippen LogP contribution is -2.51. The van der Waals surface area contributed by atoms with E-state index in [0.29, 0.717) is 50.5 Å². The van der Waals surface area contributed by atoms with Gasteiger partial charge in [0.1, 0.15) is 11.6 Å². The molecule has 0 spiro atoms. The second-order valence-corrected chi connectivity index (χ2v) is 9.09. The van der Waals surface area contributed by atoms with Crippen LogP contribution < -0.4 is 4.90 Å². The predicted octanol–water partition coefficient (Wildman–Crippen LogP) is 4.03. The van der Waals surface area contributed by atoms with Crippen LogP contribution in [0.15, 0.2) is 42.6 Å². The molecule has 2 aliphatic heterocycles. The van der Waals surface area contributed by atoms with Crippen molar-refractivity contribution in [2.45, 2.75) is 38.0 Å². The number of piperidine rings is 1. The number of anilines is 1. The average molecular weight is 426 g/mol. The Morgan fingerprint density at radius 3 is 2.77 bits per heavy atom. The smallest absolute Gasteiger partial charge is 0.229 e. The first-order valence-electron chi connectivity index (χ1n) is 11.2. The van der Waals surface area contributed by atoms with Crippen molar-refractivity contribution in [3.05, 3.63) is 59.5 Å². The maximum Gasteiger partial charge on any atom is 0.229 e. The number of benzene rings is 1. The second kappa shape index (κ2) is 9.35. The van der Waals surface area contributed by atoms with E-state index < -0.39 is 5.41 Å². The fourth-order valence-corrected chi connectivity index (χ4v) is 4.94. The number of rotatable bonds is 5. The van der Waals surface area contributed by atoms with Crippen molar-refractivity contribution in [3.8, 4) is 0 Å². The molecule has 6 heteroatoms. The van der Waals surface area contributed by atoms with Crippen molar-refractivity contribution in [1.29, 1.82) is 0 Å². The molecule has 0 bridgehead atoms. The monoisotopic (exact) mass is 425 g/mol. The van der Waals surface area contributed by atoms with Gasteiger partial charge in [0.25, 0.3) is 0 Å². The minimum absolute atomic E-state index is 0.158. The minimum Gasteiger partial charge on any atom is -0.381 e. The van der Waals surface area contributed by atoms with E-state index in [1.165, 1.54) is 11.6 Å². The van der Waals surface area contributed by atoms with E-state index in [4.69, 9.17) is 4.74 Å². The molecule has 1 amide bonds. The SMILES string of the molecule is CN(C)c1cc(C2CCCN(C(=O)C3(Cc4ccccc4F)CCOCC3)C2)ccn1. The molecule has 2 saturated heterocycles. The van der Waals surface area contributed by atoms with Crippen LogP contribution >= 0.6 is 0 Å². The molecule has 1 aromatic heterocycles. The third kappa shape index (κ3) is 4.74. The molecule has 1 aromatic carbocycles. The van der Waals surface area contributed by atoms with Gasteiger partial charge in [-0.3, -0.25) is 4.79 Å². The fourth-order valence-electron chi connectivity index (χ4n) is 4.94. The number of aromatic nitrogens is 1. The molecular formula is C25H32FN3O2. The quantitative estimate of drug-likeness (QED) is 0.726. The Morgan fingerprint density at radius 1 is 1.26 bits per heavy atom. The van der Waals surface area contributed by atoms with Crippen LogP contribution in [0.4, 0.5) is 10.2 Å². The van der Waals surface area contributed by atoms with Gasteiger partial charge >= 0.3 is 0 Å².